The summed E-state index contributed by atoms with van der Waals surface area (Å²) in [7, 11) is 0. The third kappa shape index (κ3) is 9.96. The molecule has 2 N–H and O–H groups in total. The molecule has 56 heavy (non-hydrogen) atoms. The molecule has 0 atom stereocenters. The minimum Gasteiger partial charge on any atom is -0.507 e. The van der Waals surface area contributed by atoms with Crippen molar-refractivity contribution in [2.24, 2.45) is 0 Å². The van der Waals surface area contributed by atoms with Crippen LogP contribution in [0.1, 0.15) is 189 Å². The number of ether oxygens (including phenoxy) is 2. The summed E-state index contributed by atoms with van der Waals surface area (Å²) in [6.07, 6.45) is 6.09. The fourth-order valence-electron chi connectivity index (χ4n) is 7.65. The average molecular weight is 761 g/mol. The Labute approximate surface area is 340 Å². The lowest BCUT2D eigenvalue weighted by atomic mass is 9.79. The van der Waals surface area contributed by atoms with Crippen LogP contribution in [0.4, 0.5) is 0 Å². The Balaban J connectivity index is 1.94. The zero-order valence-corrected chi connectivity index (χ0v) is 37.4. The number of fused-ring (bicyclic) bond motifs is 8. The normalized spacial score (nSPS) is 13.8. The zero-order valence-electron chi connectivity index (χ0n) is 37.4. The summed E-state index contributed by atoms with van der Waals surface area (Å²) in [5, 5.41) is 24.6. The molecule has 0 radical (unpaired) electrons. The first-order chi connectivity index (χ1) is 26.0. The summed E-state index contributed by atoms with van der Waals surface area (Å²) >= 11 is 0. The highest BCUT2D eigenvalue weighted by Crippen LogP contribution is 2.44. The minimum atomic E-state index is -0.154. The van der Waals surface area contributed by atoms with Crippen molar-refractivity contribution >= 4 is 0 Å². The molecule has 1 aliphatic rings. The maximum Gasteiger partial charge on any atom is 0.126 e. The number of phenols is 2. The van der Waals surface area contributed by atoms with Crippen molar-refractivity contribution in [3.8, 4) is 23.0 Å². The van der Waals surface area contributed by atoms with E-state index >= 15 is 0 Å². The molecular weight excluding hydrogens is 689 g/mol. The summed E-state index contributed by atoms with van der Waals surface area (Å²) in [6, 6.07) is 18.0. The smallest absolute Gasteiger partial charge is 0.126 e. The van der Waals surface area contributed by atoms with Crippen LogP contribution >= 0.6 is 0 Å². The molecule has 0 spiro atoms. The van der Waals surface area contributed by atoms with Crippen LogP contribution in [0.5, 0.6) is 23.0 Å². The SMILES string of the molecule is CCCCOc1c2cc(C(C)(C)C)cc1Cc1cc(C(C)(C)C)cc(c1OCCCC)Cc1cc(C(C)(C)C)cc(c1O)Cc1cc(C(C)(C)C)cc(c1O)C2. The fraction of sp³-hybridized carbons (Fsp3) is 0.538. The molecule has 0 aliphatic heterocycles. The van der Waals surface area contributed by atoms with E-state index in [-0.39, 0.29) is 21.7 Å². The highest BCUT2D eigenvalue weighted by Gasteiger charge is 2.28. The molecule has 0 saturated heterocycles. The highest BCUT2D eigenvalue weighted by atomic mass is 16.5. The van der Waals surface area contributed by atoms with Crippen molar-refractivity contribution in [1.29, 1.82) is 0 Å². The summed E-state index contributed by atoms with van der Waals surface area (Å²) < 4.78 is 13.8. The summed E-state index contributed by atoms with van der Waals surface area (Å²) in [5.74, 6) is 2.42. The largest absolute Gasteiger partial charge is 0.507 e. The van der Waals surface area contributed by atoms with Gasteiger partial charge in [-0.05, 0) is 101 Å². The monoisotopic (exact) mass is 761 g/mol. The Kier molecular flexibility index (Phi) is 12.7. The molecule has 0 amide bonds. The van der Waals surface area contributed by atoms with Gasteiger partial charge in [-0.25, -0.2) is 0 Å². The van der Waals surface area contributed by atoms with Crippen molar-refractivity contribution in [2.75, 3.05) is 13.2 Å². The molecule has 0 heterocycles. The van der Waals surface area contributed by atoms with Gasteiger partial charge in [0.05, 0.1) is 13.2 Å². The second kappa shape index (κ2) is 16.5. The number of hydrogen-bond acceptors (Lipinski definition) is 4. The standard InChI is InChI=1S/C52H72O4/c1-15-17-19-55-47-37-22-35-27-41(49(3,4)5)25-33(45(35)53)21-34-26-42(50(6,7)8)28-36(46(34)54)23-38-30-44(52(12,13)14)32-40(48(38)56-20-18-16-2)24-39(47)31-43(29-37)51(9,10)11/h25-32,53-54H,15-24H2,1-14H3. The summed E-state index contributed by atoms with van der Waals surface area (Å²) in [4.78, 5) is 0. The predicted molar refractivity (Wildman–Crippen MR) is 236 cm³/mol. The number of hydrogen-bond donors (Lipinski definition) is 2. The predicted octanol–water partition coefficient (Wildman–Crippen LogP) is 13.3. The zero-order chi connectivity index (χ0) is 41.4. The number of benzene rings is 4. The Bertz CT molecular complexity index is 1880. The third-order valence-corrected chi connectivity index (χ3v) is 11.5. The Morgan fingerprint density at radius 1 is 0.393 bits per heavy atom. The lowest BCUT2D eigenvalue weighted by molar-refractivity contribution is 0.300. The molecule has 5 rings (SSSR count). The second-order valence-electron chi connectivity index (χ2n) is 20.6. The molecule has 0 saturated carbocycles. The van der Waals surface area contributed by atoms with Crippen LogP contribution in [0.25, 0.3) is 0 Å². The van der Waals surface area contributed by atoms with Crippen LogP contribution in [0.15, 0.2) is 48.5 Å². The van der Waals surface area contributed by atoms with Crippen molar-refractivity contribution < 1.29 is 19.7 Å². The maximum atomic E-state index is 12.3. The van der Waals surface area contributed by atoms with Crippen LogP contribution in [0.3, 0.4) is 0 Å². The molecule has 8 bridgehead atoms. The van der Waals surface area contributed by atoms with E-state index in [0.29, 0.717) is 50.4 Å². The van der Waals surface area contributed by atoms with Gasteiger partial charge in [0.15, 0.2) is 0 Å². The van der Waals surface area contributed by atoms with E-state index in [2.05, 4.69) is 145 Å². The molecule has 304 valence electrons. The molecule has 4 aromatic rings. The van der Waals surface area contributed by atoms with Gasteiger partial charge in [-0.2, -0.15) is 0 Å². The Morgan fingerprint density at radius 2 is 0.607 bits per heavy atom. The third-order valence-electron chi connectivity index (χ3n) is 11.5. The van der Waals surface area contributed by atoms with Gasteiger partial charge in [0, 0.05) is 25.7 Å². The molecule has 4 nitrogen and oxygen atoms in total. The maximum absolute atomic E-state index is 12.3. The molecular formula is C52H72O4. The fourth-order valence-corrected chi connectivity index (χ4v) is 7.65. The second-order valence-corrected chi connectivity index (χ2v) is 20.6. The van der Waals surface area contributed by atoms with Crippen molar-refractivity contribution in [3.63, 3.8) is 0 Å². The quantitative estimate of drug-likeness (QED) is 0.155. The minimum absolute atomic E-state index is 0.114. The Hall–Kier alpha value is -3.92. The van der Waals surface area contributed by atoms with Crippen molar-refractivity contribution in [3.05, 3.63) is 115 Å². The van der Waals surface area contributed by atoms with Crippen molar-refractivity contribution in [1.82, 2.24) is 0 Å². The van der Waals surface area contributed by atoms with E-state index in [4.69, 9.17) is 9.47 Å². The molecule has 4 heteroatoms. The lowest BCUT2D eigenvalue weighted by Gasteiger charge is -2.28. The Morgan fingerprint density at radius 3 is 0.839 bits per heavy atom. The number of rotatable bonds is 8. The van der Waals surface area contributed by atoms with E-state index in [0.717, 1.165) is 92.8 Å². The topological polar surface area (TPSA) is 58.9 Å². The summed E-state index contributed by atoms with van der Waals surface area (Å²) in [6.45, 7) is 32.7. The first-order valence-electron chi connectivity index (χ1n) is 21.3. The first-order valence-corrected chi connectivity index (χ1v) is 21.3. The van der Waals surface area contributed by atoms with Crippen LogP contribution in [-0.4, -0.2) is 23.4 Å². The van der Waals surface area contributed by atoms with E-state index in [1.807, 2.05) is 0 Å². The van der Waals surface area contributed by atoms with Crippen LogP contribution in [-0.2, 0) is 47.3 Å². The van der Waals surface area contributed by atoms with Crippen LogP contribution < -0.4 is 9.47 Å². The van der Waals surface area contributed by atoms with Crippen LogP contribution in [0, 0.1) is 0 Å². The molecule has 0 aromatic heterocycles. The number of unbranched alkanes of at least 4 members (excludes halogenated alkanes) is 2. The number of phenolic OH excluding ortho intramolecular Hbond substituents is 2. The lowest BCUT2D eigenvalue weighted by Crippen LogP contribution is -2.17. The van der Waals surface area contributed by atoms with Crippen molar-refractivity contribution in [2.45, 2.75) is 170 Å². The van der Waals surface area contributed by atoms with Crippen LogP contribution in [0.2, 0.25) is 0 Å². The number of aromatic hydroxyl groups is 2. The van der Waals surface area contributed by atoms with E-state index < -0.39 is 0 Å². The van der Waals surface area contributed by atoms with Gasteiger partial charge in [0.1, 0.15) is 23.0 Å². The molecule has 0 fully saturated rings. The van der Waals surface area contributed by atoms with Gasteiger partial charge >= 0.3 is 0 Å². The van der Waals surface area contributed by atoms with Gasteiger partial charge < -0.3 is 19.7 Å². The average Bonchev–Trinajstić information content (AvgIpc) is 3.07. The van der Waals surface area contributed by atoms with Gasteiger partial charge in [0.2, 0.25) is 0 Å². The van der Waals surface area contributed by atoms with Gasteiger partial charge in [0.25, 0.3) is 0 Å². The summed E-state index contributed by atoms with van der Waals surface area (Å²) in [5.41, 5.74) is 12.1. The van der Waals surface area contributed by atoms with E-state index in [1.54, 1.807) is 0 Å². The van der Waals surface area contributed by atoms with Gasteiger partial charge in [-0.1, -0.05) is 158 Å². The first kappa shape index (κ1) is 43.2. The van der Waals surface area contributed by atoms with E-state index in [9.17, 15) is 10.2 Å². The molecule has 0 unspecified atom stereocenters. The highest BCUT2D eigenvalue weighted by molar-refractivity contribution is 5.59. The molecule has 4 aromatic carbocycles. The van der Waals surface area contributed by atoms with Gasteiger partial charge in [-0.3, -0.25) is 0 Å². The molecule has 1 aliphatic carbocycles. The van der Waals surface area contributed by atoms with Gasteiger partial charge in [-0.15, -0.1) is 0 Å². The van der Waals surface area contributed by atoms with E-state index in [1.165, 1.54) is 11.1 Å².